The highest BCUT2D eigenvalue weighted by atomic mass is 16.6. The molecule has 0 radical (unpaired) electrons. The SMILES string of the molecule is CC(C)[C@H](NC(=O)OCc1ccccc1)C(=O)NC(Cc1ccccc1)C(O)C(Cc1ccccc1)NC(=O)OC(C)(C)C. The van der Waals surface area contributed by atoms with Crippen LogP contribution in [0.25, 0.3) is 0 Å². The Hall–Kier alpha value is -4.37. The summed E-state index contributed by atoms with van der Waals surface area (Å²) in [7, 11) is 0. The fourth-order valence-corrected chi connectivity index (χ4v) is 4.69. The second-order valence-corrected chi connectivity index (χ2v) is 12.2. The third kappa shape index (κ3) is 11.7. The van der Waals surface area contributed by atoms with Gasteiger partial charge in [0, 0.05) is 0 Å². The van der Waals surface area contributed by atoms with Crippen molar-refractivity contribution in [3.05, 3.63) is 108 Å². The van der Waals surface area contributed by atoms with Gasteiger partial charge in [-0.15, -0.1) is 0 Å². The Labute approximate surface area is 260 Å². The standard InChI is InChI=1S/C35H45N3O6/c1-24(2)30(38-33(41)43-23-27-19-13-8-14-20-27)32(40)36-28(21-25-15-9-6-10-16-25)31(39)29(22-26-17-11-7-12-18-26)37-34(42)44-35(3,4)5/h6-20,24,28-31,39H,21-23H2,1-5H3,(H,36,40)(H,37,42)(H,38,41)/t28?,29?,30-,31?/m0/s1. The Morgan fingerprint density at radius 2 is 1.14 bits per heavy atom. The Bertz CT molecular complexity index is 1310. The zero-order chi connectivity index (χ0) is 32.1. The monoisotopic (exact) mass is 603 g/mol. The number of ether oxygens (including phenoxy) is 2. The van der Waals surface area contributed by atoms with Crippen molar-refractivity contribution in [1.82, 2.24) is 16.0 Å². The van der Waals surface area contributed by atoms with Gasteiger partial charge in [0.15, 0.2) is 0 Å². The van der Waals surface area contributed by atoms with Gasteiger partial charge < -0.3 is 30.5 Å². The van der Waals surface area contributed by atoms with Gasteiger partial charge in [0.2, 0.25) is 5.91 Å². The first-order valence-electron chi connectivity index (χ1n) is 14.9. The van der Waals surface area contributed by atoms with Crippen LogP contribution in [0.5, 0.6) is 0 Å². The molecule has 236 valence electrons. The van der Waals surface area contributed by atoms with E-state index in [0.29, 0.717) is 6.42 Å². The van der Waals surface area contributed by atoms with E-state index >= 15 is 0 Å². The average molecular weight is 604 g/mol. The normalized spacial score (nSPS) is 14.1. The van der Waals surface area contributed by atoms with Gasteiger partial charge in [0.1, 0.15) is 18.2 Å². The Kier molecular flexibility index (Phi) is 12.8. The maximum absolute atomic E-state index is 13.7. The molecule has 0 aliphatic carbocycles. The van der Waals surface area contributed by atoms with E-state index < -0.39 is 47.9 Å². The summed E-state index contributed by atoms with van der Waals surface area (Å²) < 4.78 is 10.8. The molecule has 0 aliphatic rings. The van der Waals surface area contributed by atoms with Crippen LogP contribution in [0.1, 0.15) is 51.3 Å². The maximum Gasteiger partial charge on any atom is 0.408 e. The van der Waals surface area contributed by atoms with E-state index in [2.05, 4.69) is 16.0 Å². The van der Waals surface area contributed by atoms with Crippen molar-refractivity contribution in [3.8, 4) is 0 Å². The lowest BCUT2D eigenvalue weighted by atomic mass is 9.91. The summed E-state index contributed by atoms with van der Waals surface area (Å²) in [5, 5.41) is 20.3. The van der Waals surface area contributed by atoms with Gasteiger partial charge in [0.05, 0.1) is 18.2 Å². The number of alkyl carbamates (subject to hydrolysis) is 2. The Morgan fingerprint density at radius 1 is 0.682 bits per heavy atom. The molecule has 3 aromatic rings. The minimum absolute atomic E-state index is 0.0615. The number of nitrogens with one attached hydrogen (secondary N) is 3. The van der Waals surface area contributed by atoms with E-state index in [1.807, 2.05) is 105 Å². The number of hydrogen-bond donors (Lipinski definition) is 4. The zero-order valence-corrected chi connectivity index (χ0v) is 26.2. The Morgan fingerprint density at radius 3 is 1.59 bits per heavy atom. The van der Waals surface area contributed by atoms with E-state index in [1.54, 1.807) is 20.8 Å². The third-order valence-corrected chi connectivity index (χ3v) is 6.89. The molecule has 44 heavy (non-hydrogen) atoms. The van der Waals surface area contributed by atoms with Gasteiger partial charge in [-0.3, -0.25) is 4.79 Å². The molecule has 0 saturated carbocycles. The Balaban J connectivity index is 1.82. The minimum Gasteiger partial charge on any atom is -0.445 e. The van der Waals surface area contributed by atoms with Crippen molar-refractivity contribution in [2.45, 2.75) is 83.9 Å². The number of rotatable bonds is 13. The van der Waals surface area contributed by atoms with Crippen LogP contribution in [0, 0.1) is 5.92 Å². The highest BCUT2D eigenvalue weighted by molar-refractivity contribution is 5.86. The molecule has 3 aromatic carbocycles. The molecule has 0 bridgehead atoms. The molecule has 3 unspecified atom stereocenters. The molecule has 0 saturated heterocycles. The summed E-state index contributed by atoms with van der Waals surface area (Å²) in [5.41, 5.74) is 1.85. The van der Waals surface area contributed by atoms with Crippen molar-refractivity contribution in [2.75, 3.05) is 0 Å². The predicted octanol–water partition coefficient (Wildman–Crippen LogP) is 5.16. The summed E-state index contributed by atoms with van der Waals surface area (Å²) in [6.45, 7) is 8.97. The first kappa shape index (κ1) is 34.1. The number of benzene rings is 3. The van der Waals surface area contributed by atoms with E-state index in [-0.39, 0.29) is 18.9 Å². The second kappa shape index (κ2) is 16.5. The fraction of sp³-hybridized carbons (Fsp3) is 0.400. The fourth-order valence-electron chi connectivity index (χ4n) is 4.69. The van der Waals surface area contributed by atoms with Gasteiger partial charge in [-0.2, -0.15) is 0 Å². The first-order valence-corrected chi connectivity index (χ1v) is 14.9. The average Bonchev–Trinajstić information content (AvgIpc) is 2.98. The number of aliphatic hydroxyl groups is 1. The molecule has 0 spiro atoms. The lowest BCUT2D eigenvalue weighted by Crippen LogP contribution is -2.59. The van der Waals surface area contributed by atoms with E-state index in [0.717, 1.165) is 16.7 Å². The van der Waals surface area contributed by atoms with Crippen LogP contribution in [-0.4, -0.2) is 53.0 Å². The molecular weight excluding hydrogens is 558 g/mol. The first-order chi connectivity index (χ1) is 20.9. The molecule has 0 aliphatic heterocycles. The van der Waals surface area contributed by atoms with Gasteiger partial charge in [-0.25, -0.2) is 9.59 Å². The molecule has 3 rings (SSSR count). The van der Waals surface area contributed by atoms with Crippen molar-refractivity contribution >= 4 is 18.1 Å². The highest BCUT2D eigenvalue weighted by Gasteiger charge is 2.34. The van der Waals surface area contributed by atoms with Crippen LogP contribution in [0.4, 0.5) is 9.59 Å². The van der Waals surface area contributed by atoms with E-state index in [1.165, 1.54) is 0 Å². The minimum atomic E-state index is -1.22. The van der Waals surface area contributed by atoms with Crippen LogP contribution in [0.15, 0.2) is 91.0 Å². The smallest absolute Gasteiger partial charge is 0.408 e. The van der Waals surface area contributed by atoms with Crippen molar-refractivity contribution in [3.63, 3.8) is 0 Å². The van der Waals surface area contributed by atoms with Gasteiger partial charge in [-0.05, 0) is 56.2 Å². The van der Waals surface area contributed by atoms with Gasteiger partial charge in [0.25, 0.3) is 0 Å². The summed E-state index contributed by atoms with van der Waals surface area (Å²) in [4.78, 5) is 39.2. The molecule has 3 amide bonds. The van der Waals surface area contributed by atoms with Crippen LogP contribution in [0.3, 0.4) is 0 Å². The van der Waals surface area contributed by atoms with Gasteiger partial charge >= 0.3 is 12.2 Å². The third-order valence-electron chi connectivity index (χ3n) is 6.89. The number of carbonyl (C=O) groups excluding carboxylic acids is 3. The second-order valence-electron chi connectivity index (χ2n) is 12.2. The number of amides is 3. The summed E-state index contributed by atoms with van der Waals surface area (Å²) in [5.74, 6) is -0.763. The molecule has 4 atom stereocenters. The quantitative estimate of drug-likeness (QED) is 0.214. The van der Waals surface area contributed by atoms with Crippen LogP contribution in [-0.2, 0) is 33.7 Å². The topological polar surface area (TPSA) is 126 Å². The summed E-state index contributed by atoms with van der Waals surface area (Å²) in [6, 6.07) is 25.6. The lowest BCUT2D eigenvalue weighted by molar-refractivity contribution is -0.125. The predicted molar refractivity (Wildman–Crippen MR) is 170 cm³/mol. The molecule has 9 nitrogen and oxygen atoms in total. The molecule has 9 heteroatoms. The molecule has 0 fully saturated rings. The lowest BCUT2D eigenvalue weighted by Gasteiger charge is -2.33. The molecular formula is C35H45N3O6. The summed E-state index contributed by atoms with van der Waals surface area (Å²) >= 11 is 0. The van der Waals surface area contributed by atoms with Crippen molar-refractivity contribution in [2.24, 2.45) is 5.92 Å². The molecule has 0 heterocycles. The van der Waals surface area contributed by atoms with Crippen molar-refractivity contribution < 1.29 is 29.0 Å². The highest BCUT2D eigenvalue weighted by Crippen LogP contribution is 2.16. The maximum atomic E-state index is 13.7. The largest absolute Gasteiger partial charge is 0.445 e. The van der Waals surface area contributed by atoms with E-state index in [4.69, 9.17) is 9.47 Å². The van der Waals surface area contributed by atoms with E-state index in [9.17, 15) is 19.5 Å². The number of carbonyl (C=O) groups is 3. The van der Waals surface area contributed by atoms with Gasteiger partial charge in [-0.1, -0.05) is 105 Å². The molecule has 0 aromatic heterocycles. The zero-order valence-electron chi connectivity index (χ0n) is 26.2. The van der Waals surface area contributed by atoms with Crippen LogP contribution in [0.2, 0.25) is 0 Å². The van der Waals surface area contributed by atoms with Crippen LogP contribution >= 0.6 is 0 Å². The number of aliphatic hydroxyl groups excluding tert-OH is 1. The van der Waals surface area contributed by atoms with Crippen LogP contribution < -0.4 is 16.0 Å². The number of hydrogen-bond acceptors (Lipinski definition) is 6. The summed E-state index contributed by atoms with van der Waals surface area (Å²) in [6.07, 6.45) is -2.05. The molecule has 4 N–H and O–H groups in total. The van der Waals surface area contributed by atoms with Crippen molar-refractivity contribution in [1.29, 1.82) is 0 Å².